The summed E-state index contributed by atoms with van der Waals surface area (Å²) in [5.74, 6) is 5.57. The molecule has 0 atom stereocenters. The number of benzene rings is 1. The lowest BCUT2D eigenvalue weighted by molar-refractivity contribution is 0.0920. The first-order valence-electron chi connectivity index (χ1n) is 6.03. The van der Waals surface area contributed by atoms with Crippen molar-refractivity contribution in [2.45, 2.75) is 13.5 Å². The fourth-order valence-electron chi connectivity index (χ4n) is 1.77. The molecule has 0 unspecified atom stereocenters. The number of ether oxygens (including phenoxy) is 1. The maximum absolute atomic E-state index is 11.4. The number of amides is 1. The number of carbonyl (C=O) groups excluding carboxylic acids is 2. The highest BCUT2D eigenvalue weighted by Gasteiger charge is 2.15. The van der Waals surface area contributed by atoms with Crippen molar-refractivity contribution in [3.8, 4) is 5.75 Å². The van der Waals surface area contributed by atoms with Crippen LogP contribution in [0.15, 0.2) is 28.7 Å². The standard InChI is InChI=1S/C14H13ClN2O4/c1-8-4-10(21-13(8)14(19)17-16)7-20-12-3-2-9(6-18)5-11(12)15/h2-6H,7,16H2,1H3,(H,17,19). The van der Waals surface area contributed by atoms with E-state index >= 15 is 0 Å². The molecule has 3 N–H and O–H groups in total. The average molecular weight is 309 g/mol. The fraction of sp³-hybridized carbons (Fsp3) is 0.143. The lowest BCUT2D eigenvalue weighted by Gasteiger charge is -2.06. The number of aryl methyl sites for hydroxylation is 1. The Balaban J connectivity index is 2.10. The van der Waals surface area contributed by atoms with Gasteiger partial charge in [-0.3, -0.25) is 15.0 Å². The van der Waals surface area contributed by atoms with Crippen LogP contribution in [0.2, 0.25) is 5.02 Å². The summed E-state index contributed by atoms with van der Waals surface area (Å²) in [4.78, 5) is 22.0. The first kappa shape index (κ1) is 15.1. The summed E-state index contributed by atoms with van der Waals surface area (Å²) < 4.78 is 10.9. The van der Waals surface area contributed by atoms with E-state index in [4.69, 9.17) is 26.6 Å². The molecule has 7 heteroatoms. The third-order valence-electron chi connectivity index (χ3n) is 2.77. The van der Waals surface area contributed by atoms with E-state index in [1.54, 1.807) is 25.1 Å². The number of hydrazine groups is 1. The number of nitrogens with one attached hydrogen (secondary N) is 1. The summed E-state index contributed by atoms with van der Waals surface area (Å²) in [6.07, 6.45) is 0.698. The normalized spacial score (nSPS) is 10.2. The zero-order valence-electron chi connectivity index (χ0n) is 11.2. The van der Waals surface area contributed by atoms with Gasteiger partial charge in [0, 0.05) is 11.1 Å². The first-order valence-corrected chi connectivity index (χ1v) is 6.40. The second-order valence-electron chi connectivity index (χ2n) is 4.29. The minimum atomic E-state index is -0.507. The number of furan rings is 1. The smallest absolute Gasteiger partial charge is 0.301 e. The highest BCUT2D eigenvalue weighted by Crippen LogP contribution is 2.26. The molecule has 1 aromatic carbocycles. The monoisotopic (exact) mass is 308 g/mol. The molecule has 0 aliphatic rings. The summed E-state index contributed by atoms with van der Waals surface area (Å²) in [6.45, 7) is 1.82. The van der Waals surface area contributed by atoms with Crippen LogP contribution in [0.3, 0.4) is 0 Å². The van der Waals surface area contributed by atoms with Gasteiger partial charge in [-0.2, -0.15) is 0 Å². The van der Waals surface area contributed by atoms with Crippen molar-refractivity contribution in [1.82, 2.24) is 5.43 Å². The summed E-state index contributed by atoms with van der Waals surface area (Å²) in [5, 5.41) is 0.322. The maximum atomic E-state index is 11.4. The number of halogens is 1. The Morgan fingerprint density at radius 2 is 2.24 bits per heavy atom. The van der Waals surface area contributed by atoms with E-state index in [0.29, 0.717) is 33.9 Å². The fourth-order valence-corrected chi connectivity index (χ4v) is 2.01. The number of nitrogens with two attached hydrogens (primary N) is 1. The zero-order valence-corrected chi connectivity index (χ0v) is 11.9. The predicted octanol–water partition coefficient (Wildman–Crippen LogP) is 2.24. The van der Waals surface area contributed by atoms with Crippen LogP contribution in [0.5, 0.6) is 5.75 Å². The molecule has 0 saturated carbocycles. The van der Waals surface area contributed by atoms with Crippen LogP contribution < -0.4 is 16.0 Å². The molecule has 0 bridgehead atoms. The summed E-state index contributed by atoms with van der Waals surface area (Å²) in [7, 11) is 0. The van der Waals surface area contributed by atoms with Crippen molar-refractivity contribution in [2.24, 2.45) is 5.84 Å². The molecule has 1 amide bonds. The number of nitrogen functional groups attached to an aromatic ring is 1. The largest absolute Gasteiger partial charge is 0.484 e. The van der Waals surface area contributed by atoms with Gasteiger partial charge in [-0.15, -0.1) is 0 Å². The van der Waals surface area contributed by atoms with Gasteiger partial charge >= 0.3 is 5.91 Å². The second-order valence-corrected chi connectivity index (χ2v) is 4.70. The number of aldehydes is 1. The Morgan fingerprint density at radius 1 is 1.48 bits per heavy atom. The number of hydrogen-bond donors (Lipinski definition) is 2. The SMILES string of the molecule is Cc1cc(COc2ccc(C=O)cc2Cl)oc1C(=O)NN. The Hall–Kier alpha value is -2.31. The van der Waals surface area contributed by atoms with Crippen molar-refractivity contribution < 1.29 is 18.7 Å². The lowest BCUT2D eigenvalue weighted by atomic mass is 10.2. The van der Waals surface area contributed by atoms with Crippen LogP contribution in [0.4, 0.5) is 0 Å². The number of hydrogen-bond acceptors (Lipinski definition) is 5. The maximum Gasteiger partial charge on any atom is 0.301 e. The molecular formula is C14H13ClN2O4. The molecule has 0 fully saturated rings. The molecule has 6 nitrogen and oxygen atoms in total. The number of rotatable bonds is 5. The van der Waals surface area contributed by atoms with Gasteiger partial charge < -0.3 is 9.15 Å². The Kier molecular flexibility index (Phi) is 4.62. The van der Waals surface area contributed by atoms with Crippen LogP contribution >= 0.6 is 11.6 Å². The lowest BCUT2D eigenvalue weighted by Crippen LogP contribution is -2.30. The van der Waals surface area contributed by atoms with Gasteiger partial charge in [-0.1, -0.05) is 11.6 Å². The molecular weight excluding hydrogens is 296 g/mol. The van der Waals surface area contributed by atoms with E-state index < -0.39 is 5.91 Å². The van der Waals surface area contributed by atoms with E-state index in [-0.39, 0.29) is 12.4 Å². The molecule has 0 aliphatic heterocycles. The number of carbonyl (C=O) groups is 2. The van der Waals surface area contributed by atoms with Crippen molar-refractivity contribution >= 4 is 23.8 Å². The molecule has 0 radical (unpaired) electrons. The van der Waals surface area contributed by atoms with Gasteiger partial charge in [0.05, 0.1) is 5.02 Å². The molecule has 1 heterocycles. The van der Waals surface area contributed by atoms with Crippen LogP contribution in [-0.2, 0) is 6.61 Å². The third-order valence-corrected chi connectivity index (χ3v) is 3.06. The molecule has 0 spiro atoms. The van der Waals surface area contributed by atoms with Crippen LogP contribution in [0.25, 0.3) is 0 Å². The predicted molar refractivity (Wildman–Crippen MR) is 76.3 cm³/mol. The van der Waals surface area contributed by atoms with Crippen molar-refractivity contribution in [3.63, 3.8) is 0 Å². The molecule has 0 aliphatic carbocycles. The molecule has 110 valence electrons. The minimum Gasteiger partial charge on any atom is -0.484 e. The van der Waals surface area contributed by atoms with Crippen molar-refractivity contribution in [1.29, 1.82) is 0 Å². The van der Waals surface area contributed by atoms with Gasteiger partial charge in [0.25, 0.3) is 0 Å². The van der Waals surface area contributed by atoms with E-state index in [2.05, 4.69) is 0 Å². The molecule has 21 heavy (non-hydrogen) atoms. The van der Waals surface area contributed by atoms with E-state index in [9.17, 15) is 9.59 Å². The van der Waals surface area contributed by atoms with Gasteiger partial charge in [-0.25, -0.2) is 5.84 Å². The van der Waals surface area contributed by atoms with Crippen LogP contribution in [-0.4, -0.2) is 12.2 Å². The van der Waals surface area contributed by atoms with Gasteiger partial charge in [0.2, 0.25) is 0 Å². The molecule has 1 aromatic heterocycles. The van der Waals surface area contributed by atoms with Crippen LogP contribution in [0.1, 0.15) is 32.2 Å². The molecule has 2 aromatic rings. The van der Waals surface area contributed by atoms with Crippen molar-refractivity contribution in [3.05, 3.63) is 51.9 Å². The third kappa shape index (κ3) is 3.42. The average Bonchev–Trinajstić information content (AvgIpc) is 2.86. The first-order chi connectivity index (χ1) is 10.0. The highest BCUT2D eigenvalue weighted by molar-refractivity contribution is 6.32. The highest BCUT2D eigenvalue weighted by atomic mass is 35.5. The quantitative estimate of drug-likeness (QED) is 0.382. The van der Waals surface area contributed by atoms with Gasteiger partial charge in [-0.05, 0) is 31.2 Å². The summed E-state index contributed by atoms with van der Waals surface area (Å²) in [5.41, 5.74) is 3.12. The molecule has 2 rings (SSSR count). The zero-order chi connectivity index (χ0) is 15.4. The van der Waals surface area contributed by atoms with E-state index in [0.717, 1.165) is 0 Å². The second kappa shape index (κ2) is 6.43. The van der Waals surface area contributed by atoms with E-state index in [1.807, 2.05) is 5.43 Å². The molecule has 0 saturated heterocycles. The van der Waals surface area contributed by atoms with Crippen molar-refractivity contribution in [2.75, 3.05) is 0 Å². The Bertz CT molecular complexity index is 682. The summed E-state index contributed by atoms with van der Waals surface area (Å²) >= 11 is 5.99. The Morgan fingerprint density at radius 3 is 2.86 bits per heavy atom. The Labute approximate surface area is 125 Å². The van der Waals surface area contributed by atoms with E-state index in [1.165, 1.54) is 6.07 Å². The minimum absolute atomic E-state index is 0.0961. The topological polar surface area (TPSA) is 94.6 Å². The van der Waals surface area contributed by atoms with Crippen LogP contribution in [0, 0.1) is 6.92 Å². The van der Waals surface area contributed by atoms with Gasteiger partial charge in [0.1, 0.15) is 24.4 Å². The summed E-state index contributed by atoms with van der Waals surface area (Å²) in [6, 6.07) is 6.37. The van der Waals surface area contributed by atoms with Gasteiger partial charge in [0.15, 0.2) is 5.76 Å².